The summed E-state index contributed by atoms with van der Waals surface area (Å²) < 4.78 is 28.6. The van der Waals surface area contributed by atoms with E-state index in [1.807, 2.05) is 6.92 Å². The summed E-state index contributed by atoms with van der Waals surface area (Å²) in [4.78, 5) is 0.187. The van der Waals surface area contributed by atoms with Gasteiger partial charge in [-0.1, -0.05) is 26.7 Å². The molecule has 0 saturated carbocycles. The summed E-state index contributed by atoms with van der Waals surface area (Å²) in [7, 11) is -3.59. The summed E-state index contributed by atoms with van der Waals surface area (Å²) in [5.41, 5.74) is 6.19. The summed E-state index contributed by atoms with van der Waals surface area (Å²) in [6.45, 7) is 6.21. The van der Waals surface area contributed by atoms with Crippen LogP contribution >= 0.6 is 31.9 Å². The number of halogens is 2. The number of hydrogen-bond acceptors (Lipinski definition) is 3. The number of nitrogen functional groups attached to an aromatic ring is 1. The highest BCUT2D eigenvalue weighted by Crippen LogP contribution is 2.32. The van der Waals surface area contributed by atoms with Crippen molar-refractivity contribution in [3.05, 3.63) is 21.1 Å². The Morgan fingerprint density at radius 1 is 1.14 bits per heavy atom. The van der Waals surface area contributed by atoms with Gasteiger partial charge in [0, 0.05) is 20.7 Å². The van der Waals surface area contributed by atoms with Gasteiger partial charge in [-0.05, 0) is 63.3 Å². The highest BCUT2D eigenvalue weighted by atomic mass is 79.9. The largest absolute Gasteiger partial charge is 0.399 e. The van der Waals surface area contributed by atoms with E-state index >= 15 is 0 Å². The van der Waals surface area contributed by atoms with Gasteiger partial charge in [0.05, 0.1) is 0 Å². The molecule has 0 radical (unpaired) electrons. The predicted molar refractivity (Wildman–Crippen MR) is 94.7 cm³/mol. The molecule has 1 unspecified atom stereocenters. The minimum Gasteiger partial charge on any atom is -0.399 e. The quantitative estimate of drug-likeness (QED) is 0.620. The summed E-state index contributed by atoms with van der Waals surface area (Å²) in [6, 6.07) is 3.07. The van der Waals surface area contributed by atoms with E-state index in [2.05, 4.69) is 50.4 Å². The van der Waals surface area contributed by atoms with E-state index in [0.29, 0.717) is 20.6 Å². The normalized spacial score (nSPS) is 13.6. The molecule has 0 spiro atoms. The Balaban J connectivity index is 2.83. The van der Waals surface area contributed by atoms with Gasteiger partial charge in [0.15, 0.2) is 0 Å². The number of sulfonamides is 1. The summed E-state index contributed by atoms with van der Waals surface area (Å²) >= 11 is 6.53. The van der Waals surface area contributed by atoms with Crippen molar-refractivity contribution in [3.63, 3.8) is 0 Å². The second kappa shape index (κ2) is 7.94. The summed E-state index contributed by atoms with van der Waals surface area (Å²) in [5.74, 6) is 0.634. The van der Waals surface area contributed by atoms with Gasteiger partial charge in [-0.15, -0.1) is 0 Å². The van der Waals surface area contributed by atoms with Gasteiger partial charge in [-0.25, -0.2) is 13.1 Å². The van der Waals surface area contributed by atoms with Crippen LogP contribution in [0, 0.1) is 5.92 Å². The molecular weight excluding hydrogens is 420 g/mol. The fraction of sp³-hybridized carbons (Fsp3) is 0.571. The van der Waals surface area contributed by atoms with Crippen molar-refractivity contribution in [3.8, 4) is 0 Å². The molecule has 120 valence electrons. The van der Waals surface area contributed by atoms with Crippen molar-refractivity contribution in [2.24, 2.45) is 5.92 Å². The molecule has 7 heteroatoms. The van der Waals surface area contributed by atoms with Gasteiger partial charge in [-0.2, -0.15) is 0 Å². The Kier molecular flexibility index (Phi) is 7.16. The van der Waals surface area contributed by atoms with Crippen LogP contribution in [0.5, 0.6) is 0 Å². The van der Waals surface area contributed by atoms with E-state index in [-0.39, 0.29) is 10.9 Å². The molecule has 0 aliphatic heterocycles. The van der Waals surface area contributed by atoms with Crippen LogP contribution in [0.25, 0.3) is 0 Å². The molecule has 1 aromatic rings. The first-order chi connectivity index (χ1) is 9.63. The lowest BCUT2D eigenvalue weighted by Gasteiger charge is -2.16. The predicted octanol–water partition coefficient (Wildman–Crippen LogP) is 4.29. The molecule has 0 fully saturated rings. The van der Waals surface area contributed by atoms with Crippen molar-refractivity contribution in [2.75, 3.05) is 5.73 Å². The minimum atomic E-state index is -3.59. The molecule has 0 bridgehead atoms. The molecule has 0 saturated heterocycles. The zero-order valence-corrected chi connectivity index (χ0v) is 16.5. The van der Waals surface area contributed by atoms with Crippen LogP contribution in [0.4, 0.5) is 5.69 Å². The lowest BCUT2D eigenvalue weighted by atomic mass is 10.0. The molecule has 1 atom stereocenters. The standard InChI is InChI=1S/C14H22Br2N2O2S/c1-9(2)5-4-6-10(3)18-21(19,20)14-12(15)7-11(17)8-13(14)16/h7-10,18H,4-6,17H2,1-3H3. The van der Waals surface area contributed by atoms with Crippen LogP contribution < -0.4 is 10.5 Å². The summed E-state index contributed by atoms with van der Waals surface area (Å²) in [5, 5.41) is 0. The molecule has 0 aliphatic rings. The number of hydrogen-bond donors (Lipinski definition) is 2. The van der Waals surface area contributed by atoms with E-state index < -0.39 is 10.0 Å². The number of nitrogens with one attached hydrogen (secondary N) is 1. The average Bonchev–Trinajstić information content (AvgIpc) is 2.24. The average molecular weight is 442 g/mol. The zero-order chi connectivity index (χ0) is 16.2. The van der Waals surface area contributed by atoms with Crippen LogP contribution in [-0.2, 0) is 10.0 Å². The molecule has 1 rings (SSSR count). The van der Waals surface area contributed by atoms with Gasteiger partial charge in [-0.3, -0.25) is 0 Å². The molecule has 0 aromatic heterocycles. The second-order valence-electron chi connectivity index (χ2n) is 5.66. The highest BCUT2D eigenvalue weighted by molar-refractivity contribution is 9.11. The number of anilines is 1. The number of nitrogens with two attached hydrogens (primary N) is 1. The maximum absolute atomic E-state index is 12.5. The van der Waals surface area contributed by atoms with Crippen molar-refractivity contribution >= 4 is 47.6 Å². The van der Waals surface area contributed by atoms with Crippen LogP contribution in [0.2, 0.25) is 0 Å². The Hall–Kier alpha value is -0.110. The molecule has 21 heavy (non-hydrogen) atoms. The Bertz CT molecular complexity index is 566. The van der Waals surface area contributed by atoms with Gasteiger partial charge in [0.1, 0.15) is 4.90 Å². The first kappa shape index (κ1) is 18.9. The smallest absolute Gasteiger partial charge is 0.243 e. The maximum Gasteiger partial charge on any atom is 0.243 e. The monoisotopic (exact) mass is 440 g/mol. The maximum atomic E-state index is 12.5. The third-order valence-corrected chi connectivity index (χ3v) is 6.53. The topological polar surface area (TPSA) is 72.2 Å². The SMILES string of the molecule is CC(C)CCCC(C)NS(=O)(=O)c1c(Br)cc(N)cc1Br. The van der Waals surface area contributed by atoms with Gasteiger partial charge in [0.2, 0.25) is 10.0 Å². The highest BCUT2D eigenvalue weighted by Gasteiger charge is 2.23. The van der Waals surface area contributed by atoms with E-state index in [1.165, 1.54) is 0 Å². The van der Waals surface area contributed by atoms with Crippen molar-refractivity contribution in [1.82, 2.24) is 4.72 Å². The Morgan fingerprint density at radius 3 is 2.14 bits per heavy atom. The zero-order valence-electron chi connectivity index (χ0n) is 12.5. The number of rotatable bonds is 7. The van der Waals surface area contributed by atoms with Crippen molar-refractivity contribution < 1.29 is 8.42 Å². The van der Waals surface area contributed by atoms with E-state index in [0.717, 1.165) is 19.3 Å². The Labute approximate surface area is 144 Å². The lowest BCUT2D eigenvalue weighted by molar-refractivity contribution is 0.488. The molecule has 0 aliphatic carbocycles. The van der Waals surface area contributed by atoms with Crippen molar-refractivity contribution in [2.45, 2.75) is 51.0 Å². The van der Waals surface area contributed by atoms with Crippen LogP contribution in [0.3, 0.4) is 0 Å². The van der Waals surface area contributed by atoms with E-state index in [9.17, 15) is 8.42 Å². The van der Waals surface area contributed by atoms with Gasteiger partial charge < -0.3 is 5.73 Å². The van der Waals surface area contributed by atoms with Gasteiger partial charge in [0.25, 0.3) is 0 Å². The van der Waals surface area contributed by atoms with Crippen LogP contribution in [-0.4, -0.2) is 14.5 Å². The third kappa shape index (κ3) is 5.88. The minimum absolute atomic E-state index is 0.106. The molecular formula is C14H22Br2N2O2S. The lowest BCUT2D eigenvalue weighted by Crippen LogP contribution is -2.33. The molecule has 0 amide bonds. The van der Waals surface area contributed by atoms with Crippen LogP contribution in [0.15, 0.2) is 26.0 Å². The first-order valence-electron chi connectivity index (χ1n) is 6.90. The second-order valence-corrected chi connectivity index (χ2v) is 9.02. The molecule has 4 nitrogen and oxygen atoms in total. The number of benzene rings is 1. The van der Waals surface area contributed by atoms with Gasteiger partial charge >= 0.3 is 0 Å². The molecule has 3 N–H and O–H groups in total. The van der Waals surface area contributed by atoms with E-state index in [4.69, 9.17) is 5.73 Å². The van der Waals surface area contributed by atoms with Crippen LogP contribution in [0.1, 0.15) is 40.0 Å². The first-order valence-corrected chi connectivity index (χ1v) is 9.97. The molecule has 1 aromatic carbocycles. The Morgan fingerprint density at radius 2 is 1.67 bits per heavy atom. The van der Waals surface area contributed by atoms with E-state index in [1.54, 1.807) is 12.1 Å². The fourth-order valence-corrected chi connectivity index (χ4v) is 5.95. The summed E-state index contributed by atoms with van der Waals surface area (Å²) in [6.07, 6.45) is 2.92. The fourth-order valence-electron chi connectivity index (χ4n) is 2.05. The molecule has 0 heterocycles. The third-order valence-electron chi connectivity index (χ3n) is 3.06. The van der Waals surface area contributed by atoms with Crippen molar-refractivity contribution in [1.29, 1.82) is 0 Å².